The summed E-state index contributed by atoms with van der Waals surface area (Å²) in [5, 5.41) is 0. The Morgan fingerprint density at radius 3 is 2.29 bits per heavy atom. The van der Waals surface area contributed by atoms with Crippen molar-refractivity contribution in [2.75, 3.05) is 13.1 Å². The smallest absolute Gasteiger partial charge is 0.225 e. The minimum atomic E-state index is 0.295. The Bertz CT molecular complexity index is 214. The average Bonchev–Trinajstić information content (AvgIpc) is 3.00. The van der Waals surface area contributed by atoms with Gasteiger partial charge in [0.1, 0.15) is 0 Å². The fourth-order valence-corrected chi connectivity index (χ4v) is 2.31. The first-order valence-electron chi connectivity index (χ1n) is 5.97. The molecule has 80 valence electrons. The lowest BCUT2D eigenvalue weighted by atomic mass is 9.97. The molecule has 1 heterocycles. The minimum absolute atomic E-state index is 0.295. The average molecular weight is 195 g/mol. The highest BCUT2D eigenvalue weighted by Crippen LogP contribution is 2.37. The summed E-state index contributed by atoms with van der Waals surface area (Å²) in [6.07, 6.45) is 4.94. The first-order valence-corrected chi connectivity index (χ1v) is 5.97. The van der Waals surface area contributed by atoms with Crippen LogP contribution >= 0.6 is 0 Å². The summed E-state index contributed by atoms with van der Waals surface area (Å²) in [4.78, 5) is 14.1. The highest BCUT2D eigenvalue weighted by molar-refractivity contribution is 5.79. The summed E-state index contributed by atoms with van der Waals surface area (Å²) in [6.45, 7) is 6.39. The van der Waals surface area contributed by atoms with E-state index in [0.717, 1.165) is 19.0 Å². The van der Waals surface area contributed by atoms with E-state index in [4.69, 9.17) is 0 Å². The Morgan fingerprint density at radius 1 is 1.21 bits per heavy atom. The molecule has 2 fully saturated rings. The van der Waals surface area contributed by atoms with E-state index in [1.165, 1.54) is 25.7 Å². The summed E-state index contributed by atoms with van der Waals surface area (Å²) in [7, 11) is 0. The standard InChI is InChI=1S/C12H21NO/c1-9-5-7-13(8-6-9)12(14)10(2)11-3-4-11/h9-11H,3-8H2,1-2H3. The van der Waals surface area contributed by atoms with E-state index in [-0.39, 0.29) is 0 Å². The van der Waals surface area contributed by atoms with E-state index < -0.39 is 0 Å². The minimum Gasteiger partial charge on any atom is -0.342 e. The molecule has 2 rings (SSSR count). The second-order valence-electron chi connectivity index (χ2n) is 5.13. The molecule has 2 aliphatic rings. The van der Waals surface area contributed by atoms with E-state index in [0.29, 0.717) is 17.7 Å². The van der Waals surface area contributed by atoms with Gasteiger partial charge in [0.25, 0.3) is 0 Å². The number of nitrogens with zero attached hydrogens (tertiary/aromatic N) is 1. The molecule has 1 amide bonds. The molecule has 0 N–H and O–H groups in total. The van der Waals surface area contributed by atoms with E-state index in [1.54, 1.807) is 0 Å². The van der Waals surface area contributed by atoms with Crippen LogP contribution in [0.15, 0.2) is 0 Å². The molecule has 14 heavy (non-hydrogen) atoms. The Hall–Kier alpha value is -0.530. The third kappa shape index (κ3) is 2.10. The highest BCUT2D eigenvalue weighted by Gasteiger charge is 2.35. The van der Waals surface area contributed by atoms with Gasteiger partial charge in [-0.3, -0.25) is 4.79 Å². The zero-order valence-electron chi connectivity index (χ0n) is 9.33. The molecular weight excluding hydrogens is 174 g/mol. The van der Waals surface area contributed by atoms with Crippen LogP contribution in [0.3, 0.4) is 0 Å². The van der Waals surface area contributed by atoms with Gasteiger partial charge in [-0.05, 0) is 37.5 Å². The fraction of sp³-hybridized carbons (Fsp3) is 0.917. The molecule has 1 aliphatic carbocycles. The van der Waals surface area contributed by atoms with Crippen molar-refractivity contribution < 1.29 is 4.79 Å². The largest absolute Gasteiger partial charge is 0.342 e. The predicted octanol–water partition coefficient (Wildman–Crippen LogP) is 2.29. The van der Waals surface area contributed by atoms with E-state index in [2.05, 4.69) is 18.7 Å². The molecule has 0 spiro atoms. The molecule has 1 unspecified atom stereocenters. The van der Waals surface area contributed by atoms with Crippen molar-refractivity contribution in [2.24, 2.45) is 17.8 Å². The molecule has 2 nitrogen and oxygen atoms in total. The van der Waals surface area contributed by atoms with Gasteiger partial charge in [-0.2, -0.15) is 0 Å². The molecule has 0 aromatic carbocycles. The number of hydrogen-bond acceptors (Lipinski definition) is 1. The Morgan fingerprint density at radius 2 is 1.79 bits per heavy atom. The SMILES string of the molecule is CC1CCN(C(=O)C(C)C2CC2)CC1. The number of piperidine rings is 1. The Balaban J connectivity index is 1.84. The van der Waals surface area contributed by atoms with Crippen molar-refractivity contribution in [3.8, 4) is 0 Å². The van der Waals surface area contributed by atoms with Gasteiger partial charge in [0.05, 0.1) is 0 Å². The number of rotatable bonds is 2. The summed E-state index contributed by atoms with van der Waals surface area (Å²) in [5.41, 5.74) is 0. The van der Waals surface area contributed by atoms with Gasteiger partial charge in [0.15, 0.2) is 0 Å². The van der Waals surface area contributed by atoms with Crippen LogP contribution in [0.2, 0.25) is 0 Å². The van der Waals surface area contributed by atoms with Crippen molar-refractivity contribution in [1.82, 2.24) is 4.90 Å². The zero-order valence-corrected chi connectivity index (χ0v) is 9.33. The summed E-state index contributed by atoms with van der Waals surface area (Å²) in [6, 6.07) is 0. The highest BCUT2D eigenvalue weighted by atomic mass is 16.2. The maximum absolute atomic E-state index is 12.0. The van der Waals surface area contributed by atoms with Crippen molar-refractivity contribution in [1.29, 1.82) is 0 Å². The van der Waals surface area contributed by atoms with Gasteiger partial charge in [-0.1, -0.05) is 13.8 Å². The molecule has 0 aromatic rings. The van der Waals surface area contributed by atoms with Crippen LogP contribution in [0.4, 0.5) is 0 Å². The summed E-state index contributed by atoms with van der Waals surface area (Å²) >= 11 is 0. The summed E-state index contributed by atoms with van der Waals surface area (Å²) in [5.74, 6) is 2.24. The van der Waals surface area contributed by atoms with Crippen molar-refractivity contribution in [3.05, 3.63) is 0 Å². The normalized spacial score (nSPS) is 26.3. The topological polar surface area (TPSA) is 20.3 Å². The predicted molar refractivity (Wildman–Crippen MR) is 56.9 cm³/mol. The molecule has 1 aliphatic heterocycles. The number of carbonyl (C=O) groups excluding carboxylic acids is 1. The fourth-order valence-electron chi connectivity index (χ4n) is 2.31. The van der Waals surface area contributed by atoms with Crippen LogP contribution < -0.4 is 0 Å². The van der Waals surface area contributed by atoms with Crippen molar-refractivity contribution in [2.45, 2.75) is 39.5 Å². The van der Waals surface area contributed by atoms with Gasteiger partial charge in [-0.15, -0.1) is 0 Å². The van der Waals surface area contributed by atoms with Crippen LogP contribution in [0.25, 0.3) is 0 Å². The lowest BCUT2D eigenvalue weighted by molar-refractivity contribution is -0.137. The van der Waals surface area contributed by atoms with Gasteiger partial charge >= 0.3 is 0 Å². The number of likely N-dealkylation sites (tertiary alicyclic amines) is 1. The molecule has 0 bridgehead atoms. The van der Waals surface area contributed by atoms with Gasteiger partial charge < -0.3 is 4.90 Å². The second kappa shape index (κ2) is 3.92. The maximum atomic E-state index is 12.0. The molecule has 0 radical (unpaired) electrons. The maximum Gasteiger partial charge on any atom is 0.225 e. The summed E-state index contributed by atoms with van der Waals surface area (Å²) < 4.78 is 0. The van der Waals surface area contributed by atoms with Crippen molar-refractivity contribution >= 4 is 5.91 Å². The van der Waals surface area contributed by atoms with Crippen LogP contribution in [0.1, 0.15) is 39.5 Å². The van der Waals surface area contributed by atoms with Gasteiger partial charge in [0, 0.05) is 19.0 Å². The lowest BCUT2D eigenvalue weighted by Gasteiger charge is -2.32. The lowest BCUT2D eigenvalue weighted by Crippen LogP contribution is -2.41. The first kappa shape index (κ1) is 10.0. The van der Waals surface area contributed by atoms with Crippen LogP contribution in [-0.2, 0) is 4.79 Å². The molecule has 0 aromatic heterocycles. The van der Waals surface area contributed by atoms with E-state index in [1.807, 2.05) is 0 Å². The number of hydrogen-bond donors (Lipinski definition) is 0. The van der Waals surface area contributed by atoms with E-state index in [9.17, 15) is 4.79 Å². The molecule has 1 saturated carbocycles. The van der Waals surface area contributed by atoms with E-state index >= 15 is 0 Å². The van der Waals surface area contributed by atoms with Gasteiger partial charge in [0.2, 0.25) is 5.91 Å². The molecule has 1 saturated heterocycles. The monoisotopic (exact) mass is 195 g/mol. The second-order valence-corrected chi connectivity index (χ2v) is 5.13. The third-order valence-electron chi connectivity index (χ3n) is 3.81. The molecule has 1 atom stereocenters. The van der Waals surface area contributed by atoms with Crippen LogP contribution in [-0.4, -0.2) is 23.9 Å². The van der Waals surface area contributed by atoms with Crippen LogP contribution in [0, 0.1) is 17.8 Å². The number of carbonyl (C=O) groups is 1. The van der Waals surface area contributed by atoms with Crippen LogP contribution in [0.5, 0.6) is 0 Å². The number of amides is 1. The molecular formula is C12H21NO. The third-order valence-corrected chi connectivity index (χ3v) is 3.81. The van der Waals surface area contributed by atoms with Crippen molar-refractivity contribution in [3.63, 3.8) is 0 Å². The Labute approximate surface area is 86.7 Å². The van der Waals surface area contributed by atoms with Gasteiger partial charge in [-0.25, -0.2) is 0 Å². The Kier molecular flexibility index (Phi) is 2.80. The quantitative estimate of drug-likeness (QED) is 0.662. The zero-order chi connectivity index (χ0) is 10.1. The molecule has 2 heteroatoms. The first-order chi connectivity index (χ1) is 6.68.